The lowest BCUT2D eigenvalue weighted by Gasteiger charge is -2.23. The maximum absolute atomic E-state index is 13.0. The Morgan fingerprint density at radius 1 is 1.14 bits per heavy atom. The SMILES string of the molecule is CN(C)CCn1cc(-c2cccc(C(F)(F)F)c2)nc1C1CCNCC1.Cl.Cl.Cl. The van der Waals surface area contributed by atoms with Crippen molar-refractivity contribution in [2.24, 2.45) is 0 Å². The van der Waals surface area contributed by atoms with Gasteiger partial charge in [-0.15, -0.1) is 37.2 Å². The molecule has 0 saturated carbocycles. The van der Waals surface area contributed by atoms with Crippen LogP contribution >= 0.6 is 37.2 Å². The number of rotatable bonds is 5. The van der Waals surface area contributed by atoms with E-state index in [-0.39, 0.29) is 37.2 Å². The molecule has 1 saturated heterocycles. The highest BCUT2D eigenvalue weighted by Crippen LogP contribution is 2.33. The summed E-state index contributed by atoms with van der Waals surface area (Å²) in [6, 6.07) is 5.42. The van der Waals surface area contributed by atoms with Crippen molar-refractivity contribution < 1.29 is 13.2 Å². The zero-order valence-corrected chi connectivity index (χ0v) is 18.9. The van der Waals surface area contributed by atoms with Gasteiger partial charge in [-0.1, -0.05) is 12.1 Å². The van der Waals surface area contributed by atoms with Crippen molar-refractivity contribution in [3.05, 3.63) is 41.9 Å². The molecule has 3 rings (SSSR count). The number of piperidine rings is 1. The number of nitrogens with zero attached hydrogens (tertiary/aromatic N) is 3. The van der Waals surface area contributed by atoms with E-state index in [2.05, 4.69) is 14.8 Å². The zero-order chi connectivity index (χ0) is 18.7. The fourth-order valence-electron chi connectivity index (χ4n) is 3.32. The highest BCUT2D eigenvalue weighted by atomic mass is 35.5. The fraction of sp³-hybridized carbons (Fsp3) is 0.526. The molecule has 0 radical (unpaired) electrons. The summed E-state index contributed by atoms with van der Waals surface area (Å²) in [6.07, 6.45) is -0.445. The van der Waals surface area contributed by atoms with E-state index in [1.165, 1.54) is 12.1 Å². The second-order valence-corrected chi connectivity index (χ2v) is 7.08. The molecule has 0 spiro atoms. The van der Waals surface area contributed by atoms with Gasteiger partial charge in [0.15, 0.2) is 0 Å². The second-order valence-electron chi connectivity index (χ2n) is 7.08. The van der Waals surface area contributed by atoms with E-state index in [9.17, 15) is 13.2 Å². The molecule has 0 atom stereocenters. The van der Waals surface area contributed by atoms with Crippen molar-refractivity contribution in [1.82, 2.24) is 19.8 Å². The molecule has 1 fully saturated rings. The number of halogens is 6. The number of alkyl halides is 3. The fourth-order valence-corrected chi connectivity index (χ4v) is 3.32. The minimum atomic E-state index is -4.35. The Morgan fingerprint density at radius 2 is 1.79 bits per heavy atom. The van der Waals surface area contributed by atoms with Crippen LogP contribution in [0.25, 0.3) is 11.3 Å². The first-order valence-corrected chi connectivity index (χ1v) is 8.95. The lowest BCUT2D eigenvalue weighted by molar-refractivity contribution is -0.137. The number of benzene rings is 1. The largest absolute Gasteiger partial charge is 0.416 e. The highest BCUT2D eigenvalue weighted by Gasteiger charge is 2.31. The summed E-state index contributed by atoms with van der Waals surface area (Å²) in [5, 5.41) is 3.35. The molecule has 29 heavy (non-hydrogen) atoms. The summed E-state index contributed by atoms with van der Waals surface area (Å²) in [4.78, 5) is 6.85. The van der Waals surface area contributed by atoms with Crippen LogP contribution in [0.15, 0.2) is 30.5 Å². The maximum Gasteiger partial charge on any atom is 0.416 e. The second kappa shape index (κ2) is 12.0. The average molecular weight is 476 g/mol. The van der Waals surface area contributed by atoms with E-state index in [4.69, 9.17) is 4.98 Å². The number of aromatic nitrogens is 2. The van der Waals surface area contributed by atoms with E-state index in [1.54, 1.807) is 6.07 Å². The predicted molar refractivity (Wildman–Crippen MR) is 118 cm³/mol. The van der Waals surface area contributed by atoms with Crippen molar-refractivity contribution >= 4 is 37.2 Å². The first kappa shape index (κ1) is 28.0. The van der Waals surface area contributed by atoms with E-state index in [0.717, 1.165) is 50.9 Å². The molecule has 1 aliphatic rings. The van der Waals surface area contributed by atoms with Gasteiger partial charge in [0, 0.05) is 30.8 Å². The Labute approximate surface area is 188 Å². The predicted octanol–water partition coefficient (Wildman–Crippen LogP) is 4.86. The Balaban J connectivity index is 0.00000261. The van der Waals surface area contributed by atoms with Gasteiger partial charge in [-0.05, 0) is 52.2 Å². The van der Waals surface area contributed by atoms with Gasteiger partial charge in [-0.25, -0.2) is 4.98 Å². The summed E-state index contributed by atoms with van der Waals surface area (Å²) in [7, 11) is 4.02. The van der Waals surface area contributed by atoms with E-state index in [0.29, 0.717) is 17.2 Å². The molecule has 0 aliphatic carbocycles. The number of likely N-dealkylation sites (N-methyl/N-ethyl adjacent to an activating group) is 1. The van der Waals surface area contributed by atoms with Gasteiger partial charge in [-0.3, -0.25) is 0 Å². The standard InChI is InChI=1S/C19H25F3N4.3ClH/c1-25(2)10-11-26-13-17(24-18(26)14-6-8-23-9-7-14)15-4-3-5-16(12-15)19(20,21)22;;;/h3-5,12-14,23H,6-11H2,1-2H3;3*1H. The monoisotopic (exact) mass is 474 g/mol. The van der Waals surface area contributed by atoms with Crippen LogP contribution in [0.5, 0.6) is 0 Å². The summed E-state index contributed by atoms with van der Waals surface area (Å²) in [5.41, 5.74) is 0.489. The van der Waals surface area contributed by atoms with Crippen LogP contribution in [0, 0.1) is 0 Å². The molecule has 10 heteroatoms. The van der Waals surface area contributed by atoms with Crippen molar-refractivity contribution in [1.29, 1.82) is 0 Å². The van der Waals surface area contributed by atoms with Crippen LogP contribution in [-0.4, -0.2) is 48.2 Å². The van der Waals surface area contributed by atoms with Gasteiger partial charge < -0.3 is 14.8 Å². The van der Waals surface area contributed by atoms with E-state index in [1.807, 2.05) is 20.3 Å². The summed E-state index contributed by atoms with van der Waals surface area (Å²) >= 11 is 0. The van der Waals surface area contributed by atoms with Crippen molar-refractivity contribution in [2.45, 2.75) is 31.5 Å². The van der Waals surface area contributed by atoms with Crippen LogP contribution in [0.3, 0.4) is 0 Å². The van der Waals surface area contributed by atoms with E-state index < -0.39 is 11.7 Å². The molecule has 0 bridgehead atoms. The topological polar surface area (TPSA) is 33.1 Å². The maximum atomic E-state index is 13.0. The first-order chi connectivity index (χ1) is 12.3. The molecule has 2 heterocycles. The van der Waals surface area contributed by atoms with E-state index >= 15 is 0 Å². The Morgan fingerprint density at radius 3 is 2.38 bits per heavy atom. The molecule has 1 aromatic heterocycles. The number of hydrogen-bond donors (Lipinski definition) is 1. The van der Waals surface area contributed by atoms with Gasteiger partial charge in [0.05, 0.1) is 11.3 Å². The normalized spacial score (nSPS) is 14.7. The van der Waals surface area contributed by atoms with Gasteiger partial charge in [0.2, 0.25) is 0 Å². The van der Waals surface area contributed by atoms with Gasteiger partial charge in [0.25, 0.3) is 0 Å². The minimum absolute atomic E-state index is 0. The van der Waals surface area contributed by atoms with Crippen LogP contribution in [0.1, 0.15) is 30.1 Å². The number of imidazole rings is 1. The molecule has 0 amide bonds. The minimum Gasteiger partial charge on any atom is -0.333 e. The van der Waals surface area contributed by atoms with Gasteiger partial charge in [-0.2, -0.15) is 13.2 Å². The Kier molecular flexibility index (Phi) is 11.6. The third kappa shape index (κ3) is 7.33. The summed E-state index contributed by atoms with van der Waals surface area (Å²) in [6.45, 7) is 3.53. The molecule has 4 nitrogen and oxygen atoms in total. The summed E-state index contributed by atoms with van der Waals surface area (Å²) < 4.78 is 41.2. The molecule has 2 aromatic rings. The third-order valence-electron chi connectivity index (χ3n) is 4.79. The molecule has 166 valence electrons. The molecule has 0 unspecified atom stereocenters. The van der Waals surface area contributed by atoms with Crippen LogP contribution in [-0.2, 0) is 12.7 Å². The average Bonchev–Trinajstić information content (AvgIpc) is 3.04. The quantitative estimate of drug-likeness (QED) is 0.670. The molecule has 1 N–H and O–H groups in total. The smallest absolute Gasteiger partial charge is 0.333 e. The molecule has 1 aliphatic heterocycles. The van der Waals surface area contributed by atoms with Crippen molar-refractivity contribution in [3.63, 3.8) is 0 Å². The van der Waals surface area contributed by atoms with Gasteiger partial charge in [0.1, 0.15) is 5.82 Å². The Hall–Kier alpha value is -0.990. The third-order valence-corrected chi connectivity index (χ3v) is 4.79. The molecular weight excluding hydrogens is 448 g/mol. The number of hydrogen-bond acceptors (Lipinski definition) is 3. The van der Waals surface area contributed by atoms with Gasteiger partial charge >= 0.3 is 6.18 Å². The van der Waals surface area contributed by atoms with Crippen molar-refractivity contribution in [3.8, 4) is 11.3 Å². The van der Waals surface area contributed by atoms with Crippen LogP contribution in [0.2, 0.25) is 0 Å². The number of nitrogens with one attached hydrogen (secondary N) is 1. The summed E-state index contributed by atoms with van der Waals surface area (Å²) in [5.74, 6) is 1.33. The first-order valence-electron chi connectivity index (χ1n) is 8.95. The molecular formula is C19H28Cl3F3N4. The lowest BCUT2D eigenvalue weighted by atomic mass is 9.97. The molecule has 1 aromatic carbocycles. The highest BCUT2D eigenvalue weighted by molar-refractivity contribution is 5.86. The van der Waals surface area contributed by atoms with Crippen molar-refractivity contribution in [2.75, 3.05) is 33.7 Å². The zero-order valence-electron chi connectivity index (χ0n) is 16.4. The lowest BCUT2D eigenvalue weighted by Crippen LogP contribution is -2.28. The Bertz CT molecular complexity index is 745. The van der Waals surface area contributed by atoms with Crippen LogP contribution < -0.4 is 5.32 Å². The van der Waals surface area contributed by atoms with Crippen LogP contribution in [0.4, 0.5) is 13.2 Å².